The summed E-state index contributed by atoms with van der Waals surface area (Å²) in [6.07, 6.45) is 5.66. The summed E-state index contributed by atoms with van der Waals surface area (Å²) in [7, 11) is 1.67. The third-order valence-electron chi connectivity index (χ3n) is 4.63. The summed E-state index contributed by atoms with van der Waals surface area (Å²) in [6, 6.07) is 5.51. The Morgan fingerprint density at radius 3 is 2.59 bits per heavy atom. The molecule has 5 N–H and O–H groups in total. The Labute approximate surface area is 175 Å². The molecule has 0 unspecified atom stereocenters. The van der Waals surface area contributed by atoms with Crippen molar-refractivity contribution in [1.29, 1.82) is 5.41 Å². The van der Waals surface area contributed by atoms with E-state index in [1.54, 1.807) is 13.2 Å². The van der Waals surface area contributed by atoms with Crippen molar-refractivity contribution in [2.75, 3.05) is 32.5 Å². The minimum absolute atomic E-state index is 0.0680. The van der Waals surface area contributed by atoms with Gasteiger partial charge in [-0.1, -0.05) is 13.8 Å². The lowest BCUT2D eigenvalue weighted by Gasteiger charge is -2.22. The molecule has 1 aliphatic carbocycles. The second-order valence-electron chi connectivity index (χ2n) is 6.90. The molecule has 0 saturated heterocycles. The van der Waals surface area contributed by atoms with Gasteiger partial charge in [0.05, 0.1) is 12.9 Å². The topological polar surface area (TPSA) is 110 Å². The number of methoxy groups -OCH3 is 1. The lowest BCUT2D eigenvalue weighted by atomic mass is 10.0. The summed E-state index contributed by atoms with van der Waals surface area (Å²) in [6.45, 7) is 10.2. The van der Waals surface area contributed by atoms with Crippen molar-refractivity contribution in [3.63, 3.8) is 0 Å². The number of nitrogen functional groups attached to an aromatic ring is 1. The van der Waals surface area contributed by atoms with Crippen LogP contribution in [0.1, 0.15) is 52.5 Å². The molecule has 7 nitrogen and oxygen atoms in total. The van der Waals surface area contributed by atoms with E-state index in [9.17, 15) is 0 Å². The average Bonchev–Trinajstić information content (AvgIpc) is 3.45. The van der Waals surface area contributed by atoms with Crippen molar-refractivity contribution >= 4 is 17.7 Å². The highest BCUT2D eigenvalue weighted by atomic mass is 16.5. The minimum Gasteiger partial charge on any atom is -0.488 e. The van der Waals surface area contributed by atoms with Gasteiger partial charge in [-0.15, -0.1) is 0 Å². The number of nitrogens with zero attached hydrogens (tertiary/aromatic N) is 2. The molecule has 1 aliphatic rings. The summed E-state index contributed by atoms with van der Waals surface area (Å²) in [5, 5.41) is 8.47. The number of allylic oxidation sites excluding steroid dienone is 1. The van der Waals surface area contributed by atoms with Gasteiger partial charge in [0.2, 0.25) is 0 Å². The first kappa shape index (κ1) is 24.5. The maximum atomic E-state index is 8.47. The van der Waals surface area contributed by atoms with Gasteiger partial charge in [-0.25, -0.2) is 4.99 Å². The fourth-order valence-corrected chi connectivity index (χ4v) is 2.70. The van der Waals surface area contributed by atoms with Crippen molar-refractivity contribution in [3.8, 4) is 5.75 Å². The Morgan fingerprint density at radius 1 is 1.34 bits per heavy atom. The lowest BCUT2D eigenvalue weighted by Crippen LogP contribution is -2.26. The Kier molecular flexibility index (Phi) is 10.2. The monoisotopic (exact) mass is 403 g/mol. The Morgan fingerprint density at radius 2 is 2.03 bits per heavy atom. The number of hydrogen-bond donors (Lipinski definition) is 3. The number of likely N-dealkylation sites (N-methyl/N-ethyl adjacent to an activating group) is 1. The molecular weight excluding hydrogens is 366 g/mol. The van der Waals surface area contributed by atoms with Gasteiger partial charge in [-0.3, -0.25) is 0 Å². The van der Waals surface area contributed by atoms with Crippen molar-refractivity contribution in [2.45, 2.75) is 52.6 Å². The van der Waals surface area contributed by atoms with E-state index in [1.165, 1.54) is 6.34 Å². The second kappa shape index (κ2) is 12.1. The molecular formula is C22H37N5O2. The highest BCUT2D eigenvalue weighted by Gasteiger charge is 2.40. The first-order chi connectivity index (χ1) is 13.9. The summed E-state index contributed by atoms with van der Waals surface area (Å²) in [5.41, 5.74) is 13.2. The third kappa shape index (κ3) is 7.77. The van der Waals surface area contributed by atoms with Crippen molar-refractivity contribution in [2.24, 2.45) is 10.7 Å². The number of ether oxygens (including phenoxy) is 2. The summed E-state index contributed by atoms with van der Waals surface area (Å²) in [5.74, 6) is 1.47. The molecule has 0 radical (unpaired) electrons. The van der Waals surface area contributed by atoms with Crippen LogP contribution in [-0.2, 0) is 4.74 Å². The van der Waals surface area contributed by atoms with E-state index < -0.39 is 0 Å². The molecule has 1 saturated carbocycles. The number of anilines is 1. The van der Waals surface area contributed by atoms with Gasteiger partial charge in [0, 0.05) is 43.6 Å². The van der Waals surface area contributed by atoms with Crippen LogP contribution in [0.5, 0.6) is 5.75 Å². The molecule has 1 aromatic rings. The van der Waals surface area contributed by atoms with E-state index in [0.29, 0.717) is 36.5 Å². The van der Waals surface area contributed by atoms with Gasteiger partial charge in [-0.2, -0.15) is 0 Å². The number of hydrogen-bond acceptors (Lipinski definition) is 6. The molecule has 29 heavy (non-hydrogen) atoms. The lowest BCUT2D eigenvalue weighted by molar-refractivity contribution is 0.166. The molecule has 0 atom stereocenters. The summed E-state index contributed by atoms with van der Waals surface area (Å²) < 4.78 is 11.1. The van der Waals surface area contributed by atoms with E-state index in [0.717, 1.165) is 31.0 Å². The van der Waals surface area contributed by atoms with Crippen LogP contribution in [0.3, 0.4) is 0 Å². The van der Waals surface area contributed by atoms with Gasteiger partial charge in [0.15, 0.2) is 0 Å². The van der Waals surface area contributed by atoms with Crippen molar-refractivity contribution < 1.29 is 9.47 Å². The maximum absolute atomic E-state index is 8.47. The SMILES string of the molecule is CC.CCN(CCOC)C(=C/CC(=N)c1cc(OC2(C)CC2)ccc1N)/N=C\N. The van der Waals surface area contributed by atoms with Crippen LogP contribution in [0.4, 0.5) is 5.69 Å². The molecule has 162 valence electrons. The van der Waals surface area contributed by atoms with Gasteiger partial charge < -0.3 is 31.3 Å². The number of rotatable bonds is 11. The van der Waals surface area contributed by atoms with Crippen molar-refractivity contribution in [3.05, 3.63) is 35.7 Å². The van der Waals surface area contributed by atoms with Gasteiger partial charge in [0.25, 0.3) is 0 Å². The van der Waals surface area contributed by atoms with Crippen LogP contribution < -0.4 is 16.2 Å². The molecule has 0 amide bonds. The standard InChI is InChI=1S/C20H31N5O2.C2H6/c1-4-25(11-12-26-3)19(24-14-21)8-7-18(23)16-13-15(5-6-17(16)22)27-20(2)9-10-20;1-2/h5-6,8,13-14,23H,4,7,9-12,22H2,1-3H3,(H2,21,24);1-2H3/b19-8+,23-18?;. The molecule has 0 bridgehead atoms. The zero-order valence-corrected chi connectivity index (χ0v) is 18.5. The molecule has 0 heterocycles. The molecule has 2 rings (SSSR count). The fourth-order valence-electron chi connectivity index (χ4n) is 2.70. The zero-order valence-electron chi connectivity index (χ0n) is 18.5. The normalized spacial score (nSPS) is 14.9. The van der Waals surface area contributed by atoms with E-state index in [2.05, 4.69) is 16.8 Å². The van der Waals surface area contributed by atoms with Crippen LogP contribution in [0.15, 0.2) is 35.1 Å². The van der Waals surface area contributed by atoms with Gasteiger partial charge in [0.1, 0.15) is 17.2 Å². The maximum Gasteiger partial charge on any atom is 0.126 e. The fraction of sp³-hybridized carbons (Fsp3) is 0.545. The molecule has 7 heteroatoms. The Hall–Kier alpha value is -2.54. The number of nitrogens with one attached hydrogen (secondary N) is 1. The van der Waals surface area contributed by atoms with E-state index in [1.807, 2.05) is 39.0 Å². The van der Waals surface area contributed by atoms with Crippen LogP contribution in [0, 0.1) is 5.41 Å². The number of nitrogens with two attached hydrogens (primary N) is 2. The molecule has 1 aromatic carbocycles. The predicted octanol–water partition coefficient (Wildman–Crippen LogP) is 3.78. The first-order valence-electron chi connectivity index (χ1n) is 10.3. The second-order valence-corrected chi connectivity index (χ2v) is 6.90. The highest BCUT2D eigenvalue weighted by Crippen LogP contribution is 2.40. The zero-order chi connectivity index (χ0) is 21.9. The highest BCUT2D eigenvalue weighted by molar-refractivity contribution is 6.03. The van der Waals surface area contributed by atoms with Crippen LogP contribution in [0.25, 0.3) is 0 Å². The molecule has 0 spiro atoms. The van der Waals surface area contributed by atoms with Gasteiger partial charge in [-0.05, 0) is 51.0 Å². The Balaban J connectivity index is 0.00000204. The predicted molar refractivity (Wildman–Crippen MR) is 122 cm³/mol. The number of benzene rings is 1. The van der Waals surface area contributed by atoms with Crippen LogP contribution in [0.2, 0.25) is 0 Å². The van der Waals surface area contributed by atoms with Crippen LogP contribution >= 0.6 is 0 Å². The van der Waals surface area contributed by atoms with Gasteiger partial charge >= 0.3 is 0 Å². The van der Waals surface area contributed by atoms with E-state index in [4.69, 9.17) is 26.4 Å². The molecule has 0 aromatic heterocycles. The summed E-state index contributed by atoms with van der Waals surface area (Å²) in [4.78, 5) is 6.29. The van der Waals surface area contributed by atoms with Crippen molar-refractivity contribution in [1.82, 2.24) is 4.90 Å². The molecule has 1 fully saturated rings. The van der Waals surface area contributed by atoms with E-state index in [-0.39, 0.29) is 5.60 Å². The smallest absolute Gasteiger partial charge is 0.126 e. The first-order valence-corrected chi connectivity index (χ1v) is 10.3. The quantitative estimate of drug-likeness (QED) is 0.296. The number of aliphatic imine (C=N–C) groups is 1. The Bertz CT molecular complexity index is 711. The van der Waals surface area contributed by atoms with Crippen LogP contribution in [-0.4, -0.2) is 49.4 Å². The van der Waals surface area contributed by atoms with E-state index >= 15 is 0 Å². The summed E-state index contributed by atoms with van der Waals surface area (Å²) >= 11 is 0. The minimum atomic E-state index is -0.0680. The molecule has 0 aliphatic heterocycles. The third-order valence-corrected chi connectivity index (χ3v) is 4.63. The average molecular weight is 404 g/mol. The largest absolute Gasteiger partial charge is 0.488 e.